The van der Waals surface area contributed by atoms with Crippen molar-refractivity contribution in [3.05, 3.63) is 35.1 Å². The summed E-state index contributed by atoms with van der Waals surface area (Å²) in [7, 11) is 1.42. The number of rotatable bonds is 1. The van der Waals surface area contributed by atoms with E-state index >= 15 is 0 Å². The van der Waals surface area contributed by atoms with Gasteiger partial charge in [0, 0.05) is 29.1 Å². The predicted octanol–water partition coefficient (Wildman–Crippen LogP) is 1.17. The average Bonchev–Trinajstić information content (AvgIpc) is 2.83. The molecule has 0 saturated carbocycles. The monoisotopic (exact) mass is 202 g/mol. The summed E-state index contributed by atoms with van der Waals surface area (Å²) in [6.45, 7) is 0. The maximum absolute atomic E-state index is 11.9. The lowest BCUT2D eigenvalue weighted by atomic mass is 9.86. The van der Waals surface area contributed by atoms with Gasteiger partial charge in [-0.15, -0.1) is 0 Å². The summed E-state index contributed by atoms with van der Waals surface area (Å²) in [5.74, 6) is 0.318. The van der Waals surface area contributed by atoms with Gasteiger partial charge in [-0.2, -0.15) is 0 Å². The first kappa shape index (κ1) is 8.65. The highest BCUT2D eigenvalue weighted by Gasteiger charge is 2.44. The predicted molar refractivity (Wildman–Crippen MR) is 52.9 cm³/mol. The number of methoxy groups -OCH3 is 1. The van der Waals surface area contributed by atoms with E-state index in [1.807, 2.05) is 12.2 Å². The molecule has 0 fully saturated rings. The highest BCUT2D eigenvalue weighted by atomic mass is 16.5. The number of ketones is 2. The molecule has 3 aliphatic rings. The van der Waals surface area contributed by atoms with E-state index in [-0.39, 0.29) is 29.2 Å². The summed E-state index contributed by atoms with van der Waals surface area (Å²) < 4.78 is 4.92. The second-order valence-electron chi connectivity index (χ2n) is 4.07. The van der Waals surface area contributed by atoms with E-state index in [1.54, 1.807) is 0 Å². The summed E-state index contributed by atoms with van der Waals surface area (Å²) in [6, 6.07) is 0. The molecule has 0 N–H and O–H groups in total. The van der Waals surface area contributed by atoms with Gasteiger partial charge in [0.05, 0.1) is 7.11 Å². The number of fused-ring (bicyclic) bond motifs is 4. The molecule has 0 aromatic heterocycles. The molecule has 3 aliphatic carbocycles. The molecule has 0 aliphatic heterocycles. The third-order valence-electron chi connectivity index (χ3n) is 3.33. The molecule has 0 saturated heterocycles. The standard InChI is InChI=1S/C12H10O3/c1-15-9-5-8(13)10-6-2-3-7(4-6)11(10)12(9)14/h2-3,5-7H,4H2,1H3. The SMILES string of the molecule is COC1=CC(=O)C2=C(C1=O)C1C=CC2C1. The van der Waals surface area contributed by atoms with E-state index in [0.29, 0.717) is 11.1 Å². The lowest BCUT2D eigenvalue weighted by molar-refractivity contribution is -0.118. The third kappa shape index (κ3) is 0.950. The Bertz CT molecular complexity index is 465. The van der Waals surface area contributed by atoms with Crippen molar-refractivity contribution in [2.24, 2.45) is 11.8 Å². The van der Waals surface area contributed by atoms with E-state index in [1.165, 1.54) is 13.2 Å². The van der Waals surface area contributed by atoms with Gasteiger partial charge >= 0.3 is 0 Å². The van der Waals surface area contributed by atoms with Gasteiger partial charge in [0.15, 0.2) is 11.5 Å². The Morgan fingerprint density at radius 3 is 2.53 bits per heavy atom. The zero-order valence-electron chi connectivity index (χ0n) is 8.32. The minimum Gasteiger partial charge on any atom is -0.493 e. The fraction of sp³-hybridized carbons (Fsp3) is 0.333. The summed E-state index contributed by atoms with van der Waals surface area (Å²) in [5, 5.41) is 0. The second kappa shape index (κ2) is 2.69. The molecule has 0 aromatic carbocycles. The molecule has 0 radical (unpaired) electrons. The lowest BCUT2D eigenvalue weighted by Crippen LogP contribution is -2.22. The van der Waals surface area contributed by atoms with Gasteiger partial charge < -0.3 is 4.74 Å². The molecule has 2 unspecified atom stereocenters. The van der Waals surface area contributed by atoms with E-state index in [0.717, 1.165) is 6.42 Å². The molecule has 0 aromatic rings. The quantitative estimate of drug-likeness (QED) is 0.473. The van der Waals surface area contributed by atoms with Gasteiger partial charge in [0.1, 0.15) is 0 Å². The molecule has 0 amide bonds. The first-order valence-corrected chi connectivity index (χ1v) is 4.99. The van der Waals surface area contributed by atoms with Gasteiger partial charge in [-0.3, -0.25) is 9.59 Å². The molecular weight excluding hydrogens is 192 g/mol. The number of allylic oxidation sites excluding steroid dienone is 5. The van der Waals surface area contributed by atoms with Gasteiger partial charge in [-0.05, 0) is 6.42 Å². The maximum atomic E-state index is 11.9. The minimum absolute atomic E-state index is 0.0571. The zero-order valence-corrected chi connectivity index (χ0v) is 8.32. The largest absolute Gasteiger partial charge is 0.493 e. The van der Waals surface area contributed by atoms with Crippen LogP contribution in [-0.2, 0) is 14.3 Å². The molecule has 3 rings (SSSR count). The second-order valence-corrected chi connectivity index (χ2v) is 4.07. The van der Waals surface area contributed by atoms with Gasteiger partial charge in [0.2, 0.25) is 5.78 Å². The van der Waals surface area contributed by atoms with Crippen molar-refractivity contribution in [2.75, 3.05) is 7.11 Å². The van der Waals surface area contributed by atoms with Crippen LogP contribution in [0.2, 0.25) is 0 Å². The Balaban J connectivity index is 2.11. The summed E-state index contributed by atoms with van der Waals surface area (Å²) in [5.41, 5.74) is 1.38. The van der Waals surface area contributed by atoms with Crippen molar-refractivity contribution >= 4 is 11.6 Å². The minimum atomic E-state index is -0.107. The van der Waals surface area contributed by atoms with Crippen LogP contribution in [0.25, 0.3) is 0 Å². The third-order valence-corrected chi connectivity index (χ3v) is 3.33. The number of hydrogen-bond acceptors (Lipinski definition) is 3. The lowest BCUT2D eigenvalue weighted by Gasteiger charge is -2.18. The molecule has 0 spiro atoms. The van der Waals surface area contributed by atoms with Crippen molar-refractivity contribution in [1.29, 1.82) is 0 Å². The molecule has 0 heterocycles. The topological polar surface area (TPSA) is 43.4 Å². The summed E-state index contributed by atoms with van der Waals surface area (Å²) in [4.78, 5) is 23.7. The number of carbonyl (C=O) groups excluding carboxylic acids is 2. The van der Waals surface area contributed by atoms with Crippen LogP contribution >= 0.6 is 0 Å². The van der Waals surface area contributed by atoms with Crippen molar-refractivity contribution in [1.82, 2.24) is 0 Å². The van der Waals surface area contributed by atoms with Crippen LogP contribution in [0.1, 0.15) is 6.42 Å². The van der Waals surface area contributed by atoms with Crippen molar-refractivity contribution in [3.63, 3.8) is 0 Å². The van der Waals surface area contributed by atoms with E-state index in [9.17, 15) is 9.59 Å². The Labute approximate surface area is 87.1 Å². The first-order valence-electron chi connectivity index (χ1n) is 4.99. The molecule has 3 nitrogen and oxygen atoms in total. The smallest absolute Gasteiger partial charge is 0.224 e. The number of carbonyl (C=O) groups is 2. The molecular formula is C12H10O3. The van der Waals surface area contributed by atoms with E-state index < -0.39 is 0 Å². The summed E-state index contributed by atoms with van der Waals surface area (Å²) >= 11 is 0. The average molecular weight is 202 g/mol. The molecule has 2 atom stereocenters. The van der Waals surface area contributed by atoms with Gasteiger partial charge in [-0.1, -0.05) is 12.2 Å². The molecule has 15 heavy (non-hydrogen) atoms. The fourth-order valence-corrected chi connectivity index (χ4v) is 2.68. The van der Waals surface area contributed by atoms with Crippen LogP contribution in [0.3, 0.4) is 0 Å². The number of Topliss-reactive ketones (excluding diaryl/α,β-unsaturated/α-hetero) is 1. The Morgan fingerprint density at radius 1 is 1.20 bits per heavy atom. The van der Waals surface area contributed by atoms with Crippen LogP contribution in [0, 0.1) is 11.8 Å². The van der Waals surface area contributed by atoms with E-state index in [2.05, 4.69) is 0 Å². The Hall–Kier alpha value is -1.64. The van der Waals surface area contributed by atoms with Crippen LogP contribution in [0.4, 0.5) is 0 Å². The van der Waals surface area contributed by atoms with Gasteiger partial charge in [-0.25, -0.2) is 0 Å². The highest BCUT2D eigenvalue weighted by Crippen LogP contribution is 2.46. The first-order chi connectivity index (χ1) is 7.22. The normalized spacial score (nSPS) is 32.2. The van der Waals surface area contributed by atoms with E-state index in [4.69, 9.17) is 4.74 Å². The van der Waals surface area contributed by atoms with Crippen molar-refractivity contribution in [3.8, 4) is 0 Å². The van der Waals surface area contributed by atoms with Crippen LogP contribution in [0.15, 0.2) is 35.1 Å². The Morgan fingerprint density at radius 2 is 1.87 bits per heavy atom. The zero-order chi connectivity index (χ0) is 10.6. The Kier molecular flexibility index (Phi) is 1.55. The van der Waals surface area contributed by atoms with Crippen LogP contribution in [0.5, 0.6) is 0 Å². The number of hydrogen-bond donors (Lipinski definition) is 0. The highest BCUT2D eigenvalue weighted by molar-refractivity contribution is 6.23. The van der Waals surface area contributed by atoms with Gasteiger partial charge in [0.25, 0.3) is 0 Å². The maximum Gasteiger partial charge on any atom is 0.224 e. The number of ether oxygens (including phenoxy) is 1. The van der Waals surface area contributed by atoms with Crippen molar-refractivity contribution in [2.45, 2.75) is 6.42 Å². The van der Waals surface area contributed by atoms with Crippen LogP contribution in [-0.4, -0.2) is 18.7 Å². The fourth-order valence-electron chi connectivity index (χ4n) is 2.68. The summed E-state index contributed by atoms with van der Waals surface area (Å²) in [6.07, 6.45) is 6.25. The molecule has 76 valence electrons. The molecule has 3 heteroatoms. The van der Waals surface area contributed by atoms with Crippen molar-refractivity contribution < 1.29 is 14.3 Å². The molecule has 2 bridgehead atoms. The van der Waals surface area contributed by atoms with Crippen LogP contribution < -0.4 is 0 Å².